The number of nitrogens with zero attached hydrogens (tertiary/aromatic N) is 1. The van der Waals surface area contributed by atoms with Crippen LogP contribution in [-0.4, -0.2) is 34.0 Å². The van der Waals surface area contributed by atoms with Crippen molar-refractivity contribution in [2.24, 2.45) is 11.8 Å². The van der Waals surface area contributed by atoms with E-state index in [9.17, 15) is 13.2 Å². The molecule has 2 aliphatic carbocycles. The summed E-state index contributed by atoms with van der Waals surface area (Å²) in [5, 5.41) is 3.57. The van der Waals surface area contributed by atoms with E-state index < -0.39 is 10.0 Å². The first-order valence-electron chi connectivity index (χ1n) is 10.1. The van der Waals surface area contributed by atoms with Gasteiger partial charge in [0, 0.05) is 11.1 Å². The maximum absolute atomic E-state index is 13.4. The van der Waals surface area contributed by atoms with E-state index in [1.807, 2.05) is 0 Å². The van der Waals surface area contributed by atoms with Crippen LogP contribution in [0.4, 0.5) is 5.69 Å². The first-order chi connectivity index (χ1) is 14.4. The number of amides is 1. The van der Waals surface area contributed by atoms with Gasteiger partial charge in [-0.2, -0.15) is 0 Å². The molecule has 0 radical (unpaired) electrons. The molecule has 6 nitrogen and oxygen atoms in total. The van der Waals surface area contributed by atoms with Crippen LogP contribution in [0.25, 0.3) is 0 Å². The molecule has 0 spiro atoms. The van der Waals surface area contributed by atoms with Gasteiger partial charge in [-0.1, -0.05) is 18.0 Å². The third-order valence-electron chi connectivity index (χ3n) is 6.13. The third-order valence-corrected chi connectivity index (χ3v) is 8.17. The molecule has 2 saturated carbocycles. The predicted octanol–water partition coefficient (Wildman–Crippen LogP) is 3.85. The molecular weight excluding hydrogens is 424 g/mol. The molecule has 0 unspecified atom stereocenters. The molecule has 0 saturated heterocycles. The molecule has 1 N–H and O–H groups in total. The van der Waals surface area contributed by atoms with Crippen LogP contribution < -0.4 is 14.4 Å². The molecule has 0 heterocycles. The Balaban J connectivity index is 1.58. The smallest absolute Gasteiger partial charge is 0.264 e. The highest BCUT2D eigenvalue weighted by Gasteiger charge is 2.40. The normalized spacial score (nSPS) is 22.7. The zero-order valence-electron chi connectivity index (χ0n) is 16.8. The number of methoxy groups -OCH3 is 1. The second-order valence-electron chi connectivity index (χ2n) is 8.01. The summed E-state index contributed by atoms with van der Waals surface area (Å²) in [6.45, 7) is -0.288. The first-order valence-corrected chi connectivity index (χ1v) is 11.9. The van der Waals surface area contributed by atoms with Crippen molar-refractivity contribution in [3.05, 3.63) is 53.6 Å². The van der Waals surface area contributed by atoms with Crippen molar-refractivity contribution in [2.75, 3.05) is 18.0 Å². The van der Waals surface area contributed by atoms with E-state index in [4.69, 9.17) is 16.3 Å². The van der Waals surface area contributed by atoms with Crippen LogP contribution >= 0.6 is 11.6 Å². The van der Waals surface area contributed by atoms with E-state index >= 15 is 0 Å². The van der Waals surface area contributed by atoms with E-state index in [0.29, 0.717) is 28.3 Å². The summed E-state index contributed by atoms with van der Waals surface area (Å²) in [6.07, 6.45) is 4.53. The average Bonchev–Trinajstić information content (AvgIpc) is 3.36. The summed E-state index contributed by atoms with van der Waals surface area (Å²) in [5.41, 5.74) is 0.387. The summed E-state index contributed by atoms with van der Waals surface area (Å²) in [5.74, 6) is 1.47. The first kappa shape index (κ1) is 21.0. The summed E-state index contributed by atoms with van der Waals surface area (Å²) in [6, 6.07) is 12.7. The summed E-state index contributed by atoms with van der Waals surface area (Å²) < 4.78 is 33.0. The molecule has 2 bridgehead atoms. The maximum atomic E-state index is 13.4. The lowest BCUT2D eigenvalue weighted by Crippen LogP contribution is -2.45. The Morgan fingerprint density at radius 1 is 1.10 bits per heavy atom. The van der Waals surface area contributed by atoms with Gasteiger partial charge in [0.2, 0.25) is 5.91 Å². The minimum atomic E-state index is -3.96. The average molecular weight is 449 g/mol. The van der Waals surface area contributed by atoms with Crippen LogP contribution in [0.2, 0.25) is 5.02 Å². The number of sulfonamides is 1. The van der Waals surface area contributed by atoms with Crippen molar-refractivity contribution in [1.82, 2.24) is 5.32 Å². The molecule has 160 valence electrons. The molecule has 2 aromatic rings. The standard InChI is InChI=1S/C22H25ClN2O4S/c1-29-19-8-10-20(11-9-19)30(27,28)25(18-6-4-17(23)5-7-18)14-22(26)24-21-13-15-2-3-16(21)12-15/h4-11,15-16,21H,2-3,12-14H2,1H3,(H,24,26)/t15-,16-,21-/m1/s1. The molecule has 2 aliphatic rings. The number of hydrogen-bond donors (Lipinski definition) is 1. The molecule has 2 aromatic carbocycles. The van der Waals surface area contributed by atoms with E-state index in [-0.39, 0.29) is 23.4 Å². The highest BCUT2D eigenvalue weighted by atomic mass is 35.5. The van der Waals surface area contributed by atoms with Crippen LogP contribution in [0, 0.1) is 11.8 Å². The molecule has 1 amide bonds. The van der Waals surface area contributed by atoms with Crippen LogP contribution in [0.3, 0.4) is 0 Å². The van der Waals surface area contributed by atoms with Gasteiger partial charge >= 0.3 is 0 Å². The Hall–Kier alpha value is -2.25. The van der Waals surface area contributed by atoms with Crippen LogP contribution in [0.5, 0.6) is 5.75 Å². The SMILES string of the molecule is COc1ccc(S(=O)(=O)N(CC(=O)N[C@@H]2C[C@@H]3CC[C@@H]2C3)c2ccc(Cl)cc2)cc1. The highest BCUT2D eigenvalue weighted by molar-refractivity contribution is 7.92. The number of halogens is 1. The number of ether oxygens (including phenoxy) is 1. The number of anilines is 1. The van der Waals surface area contributed by atoms with Crippen molar-refractivity contribution in [3.63, 3.8) is 0 Å². The van der Waals surface area contributed by atoms with Gasteiger partial charge in [0.05, 0.1) is 17.7 Å². The van der Waals surface area contributed by atoms with Crippen LogP contribution in [0.15, 0.2) is 53.4 Å². The number of rotatable bonds is 7. The minimum Gasteiger partial charge on any atom is -0.497 e. The zero-order chi connectivity index (χ0) is 21.3. The lowest BCUT2D eigenvalue weighted by Gasteiger charge is -2.27. The van der Waals surface area contributed by atoms with E-state index in [2.05, 4.69) is 5.32 Å². The summed E-state index contributed by atoms with van der Waals surface area (Å²) >= 11 is 5.98. The largest absolute Gasteiger partial charge is 0.497 e. The van der Waals surface area contributed by atoms with Crippen LogP contribution in [0.1, 0.15) is 25.7 Å². The highest BCUT2D eigenvalue weighted by Crippen LogP contribution is 2.44. The van der Waals surface area contributed by atoms with Gasteiger partial charge in [-0.15, -0.1) is 0 Å². The number of carbonyl (C=O) groups excluding carboxylic acids is 1. The van der Waals surface area contributed by atoms with Gasteiger partial charge in [0.25, 0.3) is 10.0 Å². The van der Waals surface area contributed by atoms with E-state index in [1.54, 1.807) is 36.4 Å². The lowest BCUT2D eigenvalue weighted by atomic mass is 9.95. The number of benzene rings is 2. The van der Waals surface area contributed by atoms with Crippen molar-refractivity contribution in [1.29, 1.82) is 0 Å². The molecule has 8 heteroatoms. The molecular formula is C22H25ClN2O4S. The fourth-order valence-corrected chi connectivity index (χ4v) is 6.15. The van der Waals surface area contributed by atoms with Gasteiger partial charge < -0.3 is 10.1 Å². The second kappa shape index (κ2) is 8.47. The predicted molar refractivity (Wildman–Crippen MR) is 116 cm³/mol. The Morgan fingerprint density at radius 3 is 2.37 bits per heavy atom. The summed E-state index contributed by atoms with van der Waals surface area (Å²) in [4.78, 5) is 12.9. The molecule has 4 rings (SSSR count). The van der Waals surface area contributed by atoms with Crippen molar-refractivity contribution in [3.8, 4) is 5.75 Å². The summed E-state index contributed by atoms with van der Waals surface area (Å²) in [7, 11) is -2.44. The van der Waals surface area contributed by atoms with Gasteiger partial charge in [-0.3, -0.25) is 9.10 Å². The molecule has 0 aliphatic heterocycles. The number of carbonyl (C=O) groups is 1. The van der Waals surface area contributed by atoms with Crippen molar-refractivity contribution < 1.29 is 17.9 Å². The molecule has 3 atom stereocenters. The number of fused-ring (bicyclic) bond motifs is 2. The minimum absolute atomic E-state index is 0.0889. The zero-order valence-corrected chi connectivity index (χ0v) is 18.3. The molecule has 2 fully saturated rings. The topological polar surface area (TPSA) is 75.7 Å². The number of hydrogen-bond acceptors (Lipinski definition) is 4. The van der Waals surface area contributed by atoms with Gasteiger partial charge in [0.15, 0.2) is 0 Å². The quantitative estimate of drug-likeness (QED) is 0.698. The second-order valence-corrected chi connectivity index (χ2v) is 10.3. The van der Waals surface area contributed by atoms with Crippen LogP contribution in [-0.2, 0) is 14.8 Å². The lowest BCUT2D eigenvalue weighted by molar-refractivity contribution is -0.120. The van der Waals surface area contributed by atoms with Crippen molar-refractivity contribution >= 4 is 33.2 Å². The monoisotopic (exact) mass is 448 g/mol. The third kappa shape index (κ3) is 4.27. The van der Waals surface area contributed by atoms with Gasteiger partial charge in [-0.05, 0) is 79.6 Å². The molecule has 0 aromatic heterocycles. The Bertz CT molecular complexity index is 1010. The number of nitrogens with one attached hydrogen (secondary N) is 1. The fourth-order valence-electron chi connectivity index (χ4n) is 4.60. The fraction of sp³-hybridized carbons (Fsp3) is 0.409. The maximum Gasteiger partial charge on any atom is 0.264 e. The van der Waals surface area contributed by atoms with E-state index in [0.717, 1.165) is 23.6 Å². The van der Waals surface area contributed by atoms with E-state index in [1.165, 1.54) is 25.7 Å². The molecule has 30 heavy (non-hydrogen) atoms. The Kier molecular flexibility index (Phi) is 5.93. The Morgan fingerprint density at radius 2 is 1.80 bits per heavy atom. The van der Waals surface area contributed by atoms with Crippen molar-refractivity contribution in [2.45, 2.75) is 36.6 Å². The van der Waals surface area contributed by atoms with Gasteiger partial charge in [-0.25, -0.2) is 8.42 Å². The van der Waals surface area contributed by atoms with Gasteiger partial charge in [0.1, 0.15) is 12.3 Å². The Labute approximate surface area is 182 Å².